The van der Waals surface area contributed by atoms with E-state index in [1.165, 1.54) is 0 Å². The minimum atomic E-state index is -5.57. The van der Waals surface area contributed by atoms with E-state index in [0.29, 0.717) is 0 Å². The molecule has 0 aromatic carbocycles. The molecule has 0 heterocycles. The van der Waals surface area contributed by atoms with Crippen molar-refractivity contribution >= 4 is 16.2 Å². The molecular weight excluding hydrogens is 142 g/mol. The van der Waals surface area contributed by atoms with Gasteiger partial charge in [-0.15, -0.1) is 0 Å². The summed E-state index contributed by atoms with van der Waals surface area (Å²) in [4.78, 5) is -10.6. The van der Waals surface area contributed by atoms with E-state index in [0.717, 1.165) is 0 Å². The van der Waals surface area contributed by atoms with E-state index in [1.807, 2.05) is 0 Å². The van der Waals surface area contributed by atoms with E-state index in [2.05, 4.69) is 0 Å². The molecule has 7 heavy (non-hydrogen) atoms. The third-order valence-electron chi connectivity index (χ3n) is 0.433. The Hall–Kier alpha value is 0.636. The fourth-order valence-electron chi connectivity index (χ4n) is 0.108. The van der Waals surface area contributed by atoms with Gasteiger partial charge >= 0.3 is 72.1 Å². The van der Waals surface area contributed by atoms with E-state index >= 15 is 0 Å². The van der Waals surface area contributed by atoms with Gasteiger partial charge in [0.05, 0.1) is 0 Å². The first kappa shape index (κ1) is 0.718. The van der Waals surface area contributed by atoms with Crippen molar-refractivity contribution in [3.05, 3.63) is 0 Å². The Bertz CT molecular complexity index is 334. The molecule has 42 valence electrons. The summed E-state index contributed by atoms with van der Waals surface area (Å²) >= 11 is -5.57. The average molecular weight is 172 g/mol. The Balaban J connectivity index is 6.53. The van der Waals surface area contributed by atoms with Crippen LogP contribution in [0.25, 0.3) is 0 Å². The molecule has 0 bridgehead atoms. The van der Waals surface area contributed by atoms with Gasteiger partial charge in [0, 0.05) is 0 Å². The van der Waals surface area contributed by atoms with Crippen LogP contribution in [-0.2, 0) is 0 Å². The first-order valence-corrected chi connectivity index (χ1v) is 5.25. The van der Waals surface area contributed by atoms with Gasteiger partial charge in [0.1, 0.15) is 0 Å². The summed E-state index contributed by atoms with van der Waals surface area (Å²) in [5.41, 5.74) is 0. The first-order chi connectivity index (χ1) is 9.12. The first-order valence-electron chi connectivity index (χ1n) is 9.12. The summed E-state index contributed by atoms with van der Waals surface area (Å²) in [6, 6.07) is 0. The molecule has 0 rings (SSSR count). The van der Waals surface area contributed by atoms with Crippen molar-refractivity contribution in [3.63, 3.8) is 0 Å². The third kappa shape index (κ3) is 3.24. The van der Waals surface area contributed by atoms with Gasteiger partial charge in [0.25, 0.3) is 0 Å². The van der Waals surface area contributed by atoms with E-state index in [9.17, 15) is 0 Å². The molecule has 0 aromatic heterocycles. The molecule has 0 fully saturated rings. The normalized spacial score (nSPS) is 52.3. The zero-order valence-corrected chi connectivity index (χ0v) is 6.00. The Kier molecular flexibility index (Phi) is 0.491. The van der Waals surface area contributed by atoms with Crippen LogP contribution in [0.15, 0.2) is 0 Å². The molecule has 0 aliphatic rings. The summed E-state index contributed by atoms with van der Waals surface area (Å²) in [5, 5.41) is 0. The van der Waals surface area contributed by atoms with Crippen molar-refractivity contribution in [1.82, 2.24) is 0 Å². The van der Waals surface area contributed by atoms with Gasteiger partial charge < -0.3 is 0 Å². The zero-order valence-electron chi connectivity index (χ0n) is 18.6. The Labute approximate surface area is 73.4 Å². The molecule has 0 atom stereocenters. The summed E-state index contributed by atoms with van der Waals surface area (Å²) in [7, 11) is 0. The van der Waals surface area contributed by atoms with Crippen LogP contribution in [0, 0.1) is 0 Å². The molecule has 0 saturated carbocycles. The Morgan fingerprint density at radius 1 is 1.29 bits per heavy atom. The van der Waals surface area contributed by atoms with Crippen molar-refractivity contribution < 1.29 is 20.6 Å². The molecule has 0 aromatic rings. The minimum absolute atomic E-state index is 3.55. The standard InChI is InChI=1S/3C2H5.Ga/c3*1-2;/h3*1H2,2H3;/i3*1D2,2D3;. The number of hydrogen-bond donors (Lipinski definition) is 0. The molecule has 0 nitrogen and oxygen atoms in total. The van der Waals surface area contributed by atoms with Crippen LogP contribution in [0.5, 0.6) is 0 Å². The average Bonchev–Trinajstić information content (AvgIpc) is 2.09. The third-order valence-corrected chi connectivity index (χ3v) is 2.25. The molecule has 0 saturated heterocycles. The van der Waals surface area contributed by atoms with Crippen LogP contribution in [0.1, 0.15) is 41.1 Å². The van der Waals surface area contributed by atoms with Crippen LogP contribution < -0.4 is 0 Å². The van der Waals surface area contributed by atoms with Crippen molar-refractivity contribution in [2.45, 2.75) is 35.3 Å². The summed E-state index contributed by atoms with van der Waals surface area (Å²) in [6.45, 7) is -10.6. The van der Waals surface area contributed by atoms with Crippen LogP contribution in [0.2, 0.25) is 14.8 Å². The van der Waals surface area contributed by atoms with E-state index in [4.69, 9.17) is 20.6 Å². The molecular formula is C6H15Ga. The van der Waals surface area contributed by atoms with Gasteiger partial charge in [-0.25, -0.2) is 0 Å². The zero-order chi connectivity index (χ0) is 18.6. The van der Waals surface area contributed by atoms with Crippen molar-refractivity contribution in [3.8, 4) is 0 Å². The van der Waals surface area contributed by atoms with E-state index < -0.39 is 51.6 Å². The Morgan fingerprint density at radius 3 is 2.00 bits per heavy atom. The summed E-state index contributed by atoms with van der Waals surface area (Å²) in [6.07, 6.45) is 0. The topological polar surface area (TPSA) is 0 Å². The van der Waals surface area contributed by atoms with Gasteiger partial charge in [0.15, 0.2) is 0 Å². The van der Waals surface area contributed by atoms with Crippen molar-refractivity contribution in [2.24, 2.45) is 0 Å². The van der Waals surface area contributed by atoms with E-state index in [1.54, 1.807) is 0 Å². The number of hydrogen-bond acceptors (Lipinski definition) is 0. The molecule has 0 aliphatic heterocycles. The SMILES string of the molecule is [2H]C([2H])([2H])[C]([2H])([2H])[Ga]([C]([2H])([2H])C([2H])([2H])[2H])[C]([2H])([2H])C([2H])([2H])[2H]. The van der Waals surface area contributed by atoms with Gasteiger partial charge in [-0.05, 0) is 0 Å². The second kappa shape index (κ2) is 4.79. The van der Waals surface area contributed by atoms with Gasteiger partial charge in [-0.3, -0.25) is 0 Å². The molecule has 0 unspecified atom stereocenters. The maximum absolute atomic E-state index is 7.61. The van der Waals surface area contributed by atoms with Crippen molar-refractivity contribution in [1.29, 1.82) is 0 Å². The molecule has 0 aliphatic carbocycles. The Morgan fingerprint density at radius 2 is 1.71 bits per heavy atom. The van der Waals surface area contributed by atoms with E-state index in [-0.39, 0.29) is 0 Å². The molecule has 1 heteroatoms. The predicted octanol–water partition coefficient (Wildman–Crippen LogP) is 2.54. The number of rotatable bonds is 3. The van der Waals surface area contributed by atoms with Crippen LogP contribution in [0.3, 0.4) is 0 Å². The monoisotopic (exact) mass is 171 g/mol. The maximum atomic E-state index is 7.61. The molecule has 0 spiro atoms. The van der Waals surface area contributed by atoms with Crippen LogP contribution in [-0.4, -0.2) is 16.2 Å². The van der Waals surface area contributed by atoms with Crippen LogP contribution >= 0.6 is 0 Å². The second-order valence-electron chi connectivity index (χ2n) is 0.866. The molecule has 0 amide bonds. The van der Waals surface area contributed by atoms with Crippen LogP contribution in [0.4, 0.5) is 0 Å². The van der Waals surface area contributed by atoms with Gasteiger partial charge in [-0.1, -0.05) is 0 Å². The van der Waals surface area contributed by atoms with Gasteiger partial charge in [-0.2, -0.15) is 0 Å². The molecule has 0 N–H and O–H groups in total. The fraction of sp³-hybridized carbons (Fsp3) is 1.00. The van der Waals surface area contributed by atoms with Gasteiger partial charge in [0.2, 0.25) is 0 Å². The summed E-state index contributed by atoms with van der Waals surface area (Å²) in [5.74, 6) is 0. The molecule has 0 radical (unpaired) electrons. The second-order valence-corrected chi connectivity index (χ2v) is 4.50. The fourth-order valence-corrected chi connectivity index (χ4v) is 0.562. The quantitative estimate of drug-likeness (QED) is 0.573. The summed E-state index contributed by atoms with van der Waals surface area (Å²) < 4.78 is 110. The van der Waals surface area contributed by atoms with Crippen molar-refractivity contribution in [2.75, 3.05) is 0 Å². The predicted molar refractivity (Wildman–Crippen MR) is 37.2 cm³/mol.